The molecule has 1 unspecified atom stereocenters. The number of halogens is 3. The number of benzene rings is 1. The highest BCUT2D eigenvalue weighted by atomic mass is 19.4. The minimum atomic E-state index is -4.38. The highest BCUT2D eigenvalue weighted by Gasteiger charge is 2.35. The lowest BCUT2D eigenvalue weighted by molar-refractivity contribution is -0.138. The van der Waals surface area contributed by atoms with E-state index in [-0.39, 0.29) is 5.56 Å². The van der Waals surface area contributed by atoms with Gasteiger partial charge in [0, 0.05) is 7.05 Å². The molecule has 21 heavy (non-hydrogen) atoms. The van der Waals surface area contributed by atoms with Crippen LogP contribution in [0.3, 0.4) is 0 Å². The van der Waals surface area contributed by atoms with Gasteiger partial charge < -0.3 is 5.32 Å². The van der Waals surface area contributed by atoms with E-state index in [0.29, 0.717) is 12.2 Å². The first-order valence-corrected chi connectivity index (χ1v) is 6.74. The van der Waals surface area contributed by atoms with Gasteiger partial charge in [-0.25, -0.2) is 0 Å². The third kappa shape index (κ3) is 3.26. The van der Waals surface area contributed by atoms with Gasteiger partial charge in [-0.15, -0.1) is 0 Å². The SMILES string of the molecule is CCNC(c1ccccc1C(F)(F)F)c1cc(C)nn1C. The Morgan fingerprint density at radius 2 is 1.95 bits per heavy atom. The Balaban J connectivity index is 2.56. The molecule has 2 aromatic rings. The van der Waals surface area contributed by atoms with Gasteiger partial charge in [-0.3, -0.25) is 4.68 Å². The fourth-order valence-electron chi connectivity index (χ4n) is 2.49. The lowest BCUT2D eigenvalue weighted by Crippen LogP contribution is -2.26. The molecule has 1 aromatic heterocycles. The number of aromatic nitrogens is 2. The van der Waals surface area contributed by atoms with E-state index in [4.69, 9.17) is 0 Å². The summed E-state index contributed by atoms with van der Waals surface area (Å²) in [7, 11) is 1.74. The number of alkyl halides is 3. The number of nitrogens with zero attached hydrogens (tertiary/aromatic N) is 2. The Labute approximate surface area is 121 Å². The van der Waals surface area contributed by atoms with Gasteiger partial charge in [-0.2, -0.15) is 18.3 Å². The third-order valence-corrected chi connectivity index (χ3v) is 3.32. The van der Waals surface area contributed by atoms with Gasteiger partial charge in [-0.05, 0) is 31.2 Å². The zero-order valence-corrected chi connectivity index (χ0v) is 12.2. The van der Waals surface area contributed by atoms with E-state index in [0.717, 1.165) is 11.8 Å². The highest BCUT2D eigenvalue weighted by Crippen LogP contribution is 2.36. The average molecular weight is 297 g/mol. The number of aryl methyl sites for hydroxylation is 2. The maximum Gasteiger partial charge on any atom is 0.416 e. The molecule has 0 aliphatic rings. The van der Waals surface area contributed by atoms with Crippen molar-refractivity contribution in [2.45, 2.75) is 26.1 Å². The van der Waals surface area contributed by atoms with Gasteiger partial charge >= 0.3 is 6.18 Å². The zero-order chi connectivity index (χ0) is 15.6. The quantitative estimate of drug-likeness (QED) is 0.937. The van der Waals surface area contributed by atoms with Gasteiger partial charge in [0.2, 0.25) is 0 Å². The lowest BCUT2D eigenvalue weighted by Gasteiger charge is -2.22. The van der Waals surface area contributed by atoms with E-state index in [1.165, 1.54) is 12.1 Å². The molecule has 6 heteroatoms. The van der Waals surface area contributed by atoms with Crippen LogP contribution in [0.4, 0.5) is 13.2 Å². The number of rotatable bonds is 4. The molecule has 0 radical (unpaired) electrons. The second kappa shape index (κ2) is 5.89. The molecule has 1 aromatic carbocycles. The van der Waals surface area contributed by atoms with Crippen molar-refractivity contribution < 1.29 is 13.2 Å². The van der Waals surface area contributed by atoms with E-state index in [1.54, 1.807) is 23.9 Å². The topological polar surface area (TPSA) is 29.9 Å². The highest BCUT2D eigenvalue weighted by molar-refractivity contribution is 5.37. The summed E-state index contributed by atoms with van der Waals surface area (Å²) in [5.74, 6) is 0. The Morgan fingerprint density at radius 3 is 2.48 bits per heavy atom. The largest absolute Gasteiger partial charge is 0.416 e. The predicted molar refractivity (Wildman–Crippen MR) is 74.9 cm³/mol. The van der Waals surface area contributed by atoms with Crippen LogP contribution in [0, 0.1) is 6.92 Å². The van der Waals surface area contributed by atoms with E-state index < -0.39 is 17.8 Å². The van der Waals surface area contributed by atoms with Crippen LogP contribution in [0.25, 0.3) is 0 Å². The molecule has 0 spiro atoms. The smallest absolute Gasteiger partial charge is 0.305 e. The van der Waals surface area contributed by atoms with E-state index >= 15 is 0 Å². The van der Waals surface area contributed by atoms with Gasteiger partial charge in [-0.1, -0.05) is 25.1 Å². The van der Waals surface area contributed by atoms with E-state index in [2.05, 4.69) is 10.4 Å². The fourth-order valence-corrected chi connectivity index (χ4v) is 2.49. The summed E-state index contributed by atoms with van der Waals surface area (Å²) in [4.78, 5) is 0. The van der Waals surface area contributed by atoms with Crippen molar-refractivity contribution in [3.8, 4) is 0 Å². The summed E-state index contributed by atoms with van der Waals surface area (Å²) < 4.78 is 41.3. The summed E-state index contributed by atoms with van der Waals surface area (Å²) in [5, 5.41) is 7.35. The molecule has 114 valence electrons. The number of hydrogen-bond donors (Lipinski definition) is 1. The molecule has 0 aliphatic carbocycles. The van der Waals surface area contributed by atoms with Crippen molar-refractivity contribution in [1.29, 1.82) is 0 Å². The molecule has 0 saturated heterocycles. The maximum atomic E-state index is 13.2. The molecule has 0 saturated carbocycles. The first-order chi connectivity index (χ1) is 9.84. The summed E-state index contributed by atoms with van der Waals surface area (Å²) in [5.41, 5.74) is 1.09. The minimum absolute atomic E-state index is 0.217. The Hall–Kier alpha value is -1.82. The second-order valence-corrected chi connectivity index (χ2v) is 4.91. The average Bonchev–Trinajstić information content (AvgIpc) is 2.74. The fraction of sp³-hybridized carbons (Fsp3) is 0.400. The standard InChI is InChI=1S/C15H18F3N3/c1-4-19-14(13-9-10(2)20-21(13)3)11-7-5-6-8-12(11)15(16,17)18/h5-9,14,19H,4H2,1-3H3. The van der Waals surface area contributed by atoms with Crippen molar-refractivity contribution in [2.75, 3.05) is 6.54 Å². The van der Waals surface area contributed by atoms with Crippen LogP contribution in [-0.2, 0) is 13.2 Å². The van der Waals surface area contributed by atoms with Crippen LogP contribution in [-0.4, -0.2) is 16.3 Å². The van der Waals surface area contributed by atoms with Gasteiger partial charge in [0.25, 0.3) is 0 Å². The van der Waals surface area contributed by atoms with E-state index in [9.17, 15) is 13.2 Å². The normalized spacial score (nSPS) is 13.4. The van der Waals surface area contributed by atoms with Gasteiger partial charge in [0.1, 0.15) is 0 Å². The molecule has 2 rings (SSSR count). The Kier molecular flexibility index (Phi) is 4.37. The molecule has 0 aliphatic heterocycles. The Morgan fingerprint density at radius 1 is 1.29 bits per heavy atom. The van der Waals surface area contributed by atoms with E-state index in [1.807, 2.05) is 13.8 Å². The summed E-state index contributed by atoms with van der Waals surface area (Å²) in [6, 6.07) is 6.92. The van der Waals surface area contributed by atoms with Crippen molar-refractivity contribution in [1.82, 2.24) is 15.1 Å². The molecular formula is C15H18F3N3. The van der Waals surface area contributed by atoms with Crippen LogP contribution < -0.4 is 5.32 Å². The Bertz CT molecular complexity index is 617. The first kappa shape index (κ1) is 15.6. The maximum absolute atomic E-state index is 13.2. The van der Waals surface area contributed by atoms with Crippen molar-refractivity contribution in [3.63, 3.8) is 0 Å². The molecular weight excluding hydrogens is 279 g/mol. The molecule has 1 heterocycles. The molecule has 1 N–H and O–H groups in total. The molecule has 0 bridgehead atoms. The van der Waals surface area contributed by atoms with Crippen LogP contribution in [0.15, 0.2) is 30.3 Å². The monoisotopic (exact) mass is 297 g/mol. The second-order valence-electron chi connectivity index (χ2n) is 4.91. The summed E-state index contributed by atoms with van der Waals surface area (Å²) in [6.07, 6.45) is -4.38. The zero-order valence-electron chi connectivity index (χ0n) is 12.2. The lowest BCUT2D eigenvalue weighted by atomic mass is 9.97. The first-order valence-electron chi connectivity index (χ1n) is 6.74. The van der Waals surface area contributed by atoms with Gasteiger partial charge in [0.05, 0.1) is 23.0 Å². The minimum Gasteiger partial charge on any atom is -0.305 e. The van der Waals surface area contributed by atoms with Crippen LogP contribution in [0.1, 0.15) is 35.5 Å². The van der Waals surface area contributed by atoms with Gasteiger partial charge in [0.15, 0.2) is 0 Å². The van der Waals surface area contributed by atoms with Crippen LogP contribution in [0.2, 0.25) is 0 Å². The predicted octanol–water partition coefficient (Wildman–Crippen LogP) is 3.45. The number of hydrogen-bond acceptors (Lipinski definition) is 2. The van der Waals surface area contributed by atoms with Crippen LogP contribution >= 0.6 is 0 Å². The molecule has 3 nitrogen and oxygen atoms in total. The summed E-state index contributed by atoms with van der Waals surface area (Å²) in [6.45, 7) is 4.25. The summed E-state index contributed by atoms with van der Waals surface area (Å²) >= 11 is 0. The molecule has 0 amide bonds. The molecule has 1 atom stereocenters. The van der Waals surface area contributed by atoms with Crippen molar-refractivity contribution in [3.05, 3.63) is 52.8 Å². The molecule has 0 fully saturated rings. The van der Waals surface area contributed by atoms with Crippen molar-refractivity contribution in [2.24, 2.45) is 7.05 Å². The van der Waals surface area contributed by atoms with Crippen molar-refractivity contribution >= 4 is 0 Å². The third-order valence-electron chi connectivity index (χ3n) is 3.32. The number of nitrogens with one attached hydrogen (secondary N) is 1. The van der Waals surface area contributed by atoms with Crippen LogP contribution in [0.5, 0.6) is 0 Å².